The molecule has 37 heavy (non-hydrogen) atoms. The van der Waals surface area contributed by atoms with Crippen LogP contribution in [0.1, 0.15) is 40.2 Å². The molecule has 0 radical (unpaired) electrons. The van der Waals surface area contributed by atoms with Crippen molar-refractivity contribution in [1.29, 1.82) is 0 Å². The van der Waals surface area contributed by atoms with Crippen molar-refractivity contribution in [2.75, 3.05) is 13.2 Å². The van der Waals surface area contributed by atoms with E-state index < -0.39 is 32.4 Å². The molecule has 3 atom stereocenters. The zero-order valence-electron chi connectivity index (χ0n) is 22.6. The van der Waals surface area contributed by atoms with E-state index in [0.29, 0.717) is 13.2 Å². The van der Waals surface area contributed by atoms with Gasteiger partial charge in [0.2, 0.25) is 0 Å². The molecule has 1 N–H and O–H groups in total. The average Bonchev–Trinajstić information content (AvgIpc) is 3.25. The van der Waals surface area contributed by atoms with Crippen LogP contribution >= 0.6 is 0 Å². The second kappa shape index (κ2) is 11.6. The van der Waals surface area contributed by atoms with Crippen LogP contribution in [0.15, 0.2) is 91.0 Å². The molecule has 0 aromatic heterocycles. The Bertz CT molecular complexity index is 1060. The van der Waals surface area contributed by atoms with Gasteiger partial charge in [0.1, 0.15) is 18.3 Å². The number of aliphatic hydroxyl groups is 1. The molecule has 1 saturated heterocycles. The quantitative estimate of drug-likeness (QED) is 0.394. The highest BCUT2D eigenvalue weighted by atomic mass is 28.4. The van der Waals surface area contributed by atoms with Crippen molar-refractivity contribution in [2.24, 2.45) is 0 Å². The van der Waals surface area contributed by atoms with Gasteiger partial charge in [-0.1, -0.05) is 112 Å². The summed E-state index contributed by atoms with van der Waals surface area (Å²) in [5.41, 5.74) is 1.03. The Morgan fingerprint density at radius 3 is 1.86 bits per heavy atom. The largest absolute Gasteiger partial charge is 0.405 e. The summed E-state index contributed by atoms with van der Waals surface area (Å²) in [6, 6.07) is 30.8. The standard InChI is InChI=1S/C31H40O5Si/c1-30(2,3)37(25-17-11-7-12-18-25,26-19-13-8-14-20-26)35-22-27(32)29(28-23-34-31(4,5)36-28)33-21-24-15-9-6-10-16-24/h6-20,27-29,32H,21-23H2,1-5H3/t27-,28-,29-/m1/s1. The highest BCUT2D eigenvalue weighted by Gasteiger charge is 2.51. The molecule has 0 amide bonds. The monoisotopic (exact) mass is 520 g/mol. The lowest BCUT2D eigenvalue weighted by Crippen LogP contribution is -2.67. The van der Waals surface area contributed by atoms with E-state index in [4.69, 9.17) is 18.6 Å². The van der Waals surface area contributed by atoms with Gasteiger partial charge in [0.05, 0.1) is 19.8 Å². The predicted octanol–water partition coefficient (Wildman–Crippen LogP) is 4.66. The highest BCUT2D eigenvalue weighted by molar-refractivity contribution is 6.99. The fourth-order valence-electron chi connectivity index (χ4n) is 5.18. The Morgan fingerprint density at radius 2 is 1.41 bits per heavy atom. The number of rotatable bonds is 10. The molecule has 0 bridgehead atoms. The molecule has 1 aliphatic rings. The van der Waals surface area contributed by atoms with Crippen molar-refractivity contribution in [3.63, 3.8) is 0 Å². The van der Waals surface area contributed by atoms with E-state index in [1.165, 1.54) is 10.4 Å². The van der Waals surface area contributed by atoms with Crippen LogP contribution in [0.4, 0.5) is 0 Å². The van der Waals surface area contributed by atoms with Crippen molar-refractivity contribution in [3.8, 4) is 0 Å². The lowest BCUT2D eigenvalue weighted by atomic mass is 10.1. The van der Waals surface area contributed by atoms with E-state index in [1.54, 1.807) is 0 Å². The molecule has 0 aliphatic carbocycles. The molecule has 5 nitrogen and oxygen atoms in total. The summed E-state index contributed by atoms with van der Waals surface area (Å²) in [5.74, 6) is -0.725. The molecular formula is C31H40O5Si. The maximum Gasteiger partial charge on any atom is 0.261 e. The third-order valence-electron chi connectivity index (χ3n) is 6.95. The molecule has 0 unspecified atom stereocenters. The minimum Gasteiger partial charge on any atom is -0.405 e. The van der Waals surface area contributed by atoms with Crippen LogP contribution in [0, 0.1) is 0 Å². The van der Waals surface area contributed by atoms with Gasteiger partial charge in [-0.2, -0.15) is 0 Å². The molecule has 0 saturated carbocycles. The van der Waals surface area contributed by atoms with Crippen molar-refractivity contribution in [1.82, 2.24) is 0 Å². The molecule has 3 aromatic rings. The zero-order chi connectivity index (χ0) is 26.5. The van der Waals surface area contributed by atoms with Gasteiger partial charge in [0.25, 0.3) is 8.32 Å². The first-order valence-corrected chi connectivity index (χ1v) is 14.9. The average molecular weight is 521 g/mol. The van der Waals surface area contributed by atoms with E-state index in [-0.39, 0.29) is 11.6 Å². The fraction of sp³-hybridized carbons (Fsp3) is 0.419. The van der Waals surface area contributed by atoms with Gasteiger partial charge < -0.3 is 23.7 Å². The van der Waals surface area contributed by atoms with Gasteiger partial charge in [-0.05, 0) is 34.8 Å². The van der Waals surface area contributed by atoms with Gasteiger partial charge in [-0.25, -0.2) is 0 Å². The van der Waals surface area contributed by atoms with Gasteiger partial charge in [0.15, 0.2) is 5.79 Å². The van der Waals surface area contributed by atoms with E-state index in [0.717, 1.165) is 5.56 Å². The summed E-state index contributed by atoms with van der Waals surface area (Å²) in [6.07, 6.45) is -1.93. The van der Waals surface area contributed by atoms with E-state index in [2.05, 4.69) is 69.3 Å². The smallest absolute Gasteiger partial charge is 0.261 e. The second-order valence-corrected chi connectivity index (χ2v) is 15.5. The third kappa shape index (κ3) is 6.40. The summed E-state index contributed by atoms with van der Waals surface area (Å²) in [5, 5.41) is 13.7. The number of benzene rings is 3. The number of aliphatic hydroxyl groups excluding tert-OH is 1. The van der Waals surface area contributed by atoms with Crippen molar-refractivity contribution in [3.05, 3.63) is 96.6 Å². The zero-order valence-corrected chi connectivity index (χ0v) is 23.6. The van der Waals surface area contributed by atoms with Crippen molar-refractivity contribution in [2.45, 2.75) is 70.4 Å². The SMILES string of the molecule is CC1(C)OC[C@H]([C@H](OCc2ccccc2)[C@H](O)CO[Si](c2ccccc2)(c2ccccc2)C(C)(C)C)O1. The molecule has 1 fully saturated rings. The highest BCUT2D eigenvalue weighted by Crippen LogP contribution is 2.37. The van der Waals surface area contributed by atoms with Gasteiger partial charge in [-0.3, -0.25) is 0 Å². The van der Waals surface area contributed by atoms with Crippen molar-refractivity contribution < 1.29 is 23.7 Å². The Balaban J connectivity index is 1.63. The Hall–Kier alpha value is -2.32. The first-order valence-electron chi connectivity index (χ1n) is 13.0. The van der Waals surface area contributed by atoms with Crippen LogP contribution in [0.5, 0.6) is 0 Å². The Labute approximate surface area is 222 Å². The summed E-state index contributed by atoms with van der Waals surface area (Å²) >= 11 is 0. The second-order valence-electron chi connectivity index (χ2n) is 11.2. The summed E-state index contributed by atoms with van der Waals surface area (Å²) in [6.45, 7) is 11.3. The third-order valence-corrected chi connectivity index (χ3v) is 12.0. The molecular weight excluding hydrogens is 480 g/mol. The molecule has 1 aliphatic heterocycles. The van der Waals surface area contributed by atoms with Crippen LogP contribution in [0.3, 0.4) is 0 Å². The molecule has 0 spiro atoms. The maximum absolute atomic E-state index is 11.6. The molecule has 3 aromatic carbocycles. The summed E-state index contributed by atoms with van der Waals surface area (Å²) in [4.78, 5) is 0. The fourth-order valence-corrected chi connectivity index (χ4v) is 9.75. The van der Waals surface area contributed by atoms with Gasteiger partial charge >= 0.3 is 0 Å². The molecule has 198 valence electrons. The maximum atomic E-state index is 11.6. The first kappa shape index (κ1) is 27.7. The lowest BCUT2D eigenvalue weighted by molar-refractivity contribution is -0.174. The number of hydrogen-bond acceptors (Lipinski definition) is 5. The minimum absolute atomic E-state index is 0.118. The predicted molar refractivity (Wildman–Crippen MR) is 150 cm³/mol. The van der Waals surface area contributed by atoms with E-state index in [1.807, 2.05) is 56.3 Å². The summed E-state index contributed by atoms with van der Waals surface area (Å²) in [7, 11) is -2.80. The van der Waals surface area contributed by atoms with E-state index >= 15 is 0 Å². The molecule has 4 rings (SSSR count). The van der Waals surface area contributed by atoms with Crippen molar-refractivity contribution >= 4 is 18.7 Å². The Morgan fingerprint density at radius 1 is 0.892 bits per heavy atom. The first-order chi connectivity index (χ1) is 17.6. The summed E-state index contributed by atoms with van der Waals surface area (Å²) < 4.78 is 25.3. The topological polar surface area (TPSA) is 57.2 Å². The molecule has 6 heteroatoms. The van der Waals surface area contributed by atoms with Crippen LogP contribution in [-0.4, -0.2) is 50.7 Å². The van der Waals surface area contributed by atoms with Gasteiger partial charge in [-0.15, -0.1) is 0 Å². The van der Waals surface area contributed by atoms with Crippen LogP contribution in [0.25, 0.3) is 0 Å². The molecule has 1 heterocycles. The minimum atomic E-state index is -2.80. The number of hydrogen-bond donors (Lipinski definition) is 1. The normalized spacial score (nSPS) is 19.5. The van der Waals surface area contributed by atoms with Crippen LogP contribution < -0.4 is 10.4 Å². The number of ether oxygens (including phenoxy) is 3. The van der Waals surface area contributed by atoms with Crippen LogP contribution in [-0.2, 0) is 25.2 Å². The Kier molecular flexibility index (Phi) is 8.69. The van der Waals surface area contributed by atoms with E-state index in [9.17, 15) is 5.11 Å². The van der Waals surface area contributed by atoms with Crippen LogP contribution in [0.2, 0.25) is 5.04 Å². The van der Waals surface area contributed by atoms with Gasteiger partial charge in [0, 0.05) is 0 Å². The lowest BCUT2D eigenvalue weighted by Gasteiger charge is -2.44.